The Labute approximate surface area is 137 Å². The molecule has 1 aliphatic rings. The first kappa shape index (κ1) is 15.8. The largest absolute Gasteiger partial charge is 0.492 e. The van der Waals surface area contributed by atoms with Crippen LogP contribution in [0.5, 0.6) is 5.75 Å². The van der Waals surface area contributed by atoms with Crippen molar-refractivity contribution in [3.8, 4) is 11.8 Å². The summed E-state index contributed by atoms with van der Waals surface area (Å²) >= 11 is 7.09. The molecule has 1 aromatic carbocycles. The number of nitrogens with zero attached hydrogens (tertiary/aromatic N) is 1. The van der Waals surface area contributed by atoms with Gasteiger partial charge in [0.2, 0.25) is 0 Å². The molecule has 20 heavy (non-hydrogen) atoms. The van der Waals surface area contributed by atoms with Gasteiger partial charge in [0, 0.05) is 12.6 Å². The first-order valence-corrected chi connectivity index (χ1v) is 8.48. The Bertz CT molecular complexity index is 490. The van der Waals surface area contributed by atoms with Gasteiger partial charge in [-0.2, -0.15) is 5.26 Å². The van der Waals surface area contributed by atoms with Gasteiger partial charge in [0.25, 0.3) is 0 Å². The van der Waals surface area contributed by atoms with Crippen LogP contribution < -0.4 is 10.1 Å². The number of benzene rings is 1. The fraction of sp³-hybridized carbons (Fsp3) is 0.533. The highest BCUT2D eigenvalue weighted by atomic mass is 79.9. The fourth-order valence-corrected chi connectivity index (χ4v) is 4.11. The highest BCUT2D eigenvalue weighted by Gasteiger charge is 2.26. The van der Waals surface area contributed by atoms with Crippen molar-refractivity contribution in [2.45, 2.75) is 38.8 Å². The molecule has 0 aromatic heterocycles. The van der Waals surface area contributed by atoms with E-state index in [-0.39, 0.29) is 5.92 Å². The fourth-order valence-electron chi connectivity index (χ4n) is 2.60. The van der Waals surface area contributed by atoms with E-state index < -0.39 is 0 Å². The summed E-state index contributed by atoms with van der Waals surface area (Å²) < 4.78 is 7.48. The van der Waals surface area contributed by atoms with Crippen LogP contribution in [0.4, 0.5) is 0 Å². The number of nitrogens with one attached hydrogen (secondary N) is 1. The normalized spacial score (nSPS) is 21.7. The van der Waals surface area contributed by atoms with Crippen molar-refractivity contribution in [1.29, 1.82) is 5.26 Å². The summed E-state index contributed by atoms with van der Waals surface area (Å²) in [5, 5.41) is 12.6. The Hall–Kier alpha value is -0.570. The average Bonchev–Trinajstić information content (AvgIpc) is 2.88. The molecule has 2 unspecified atom stereocenters. The monoisotopic (exact) mass is 400 g/mol. The summed E-state index contributed by atoms with van der Waals surface area (Å²) in [6, 6.07) is 6.86. The summed E-state index contributed by atoms with van der Waals surface area (Å²) in [4.78, 5) is 0. The molecule has 3 nitrogen and oxygen atoms in total. The van der Waals surface area contributed by atoms with Gasteiger partial charge in [-0.05, 0) is 69.3 Å². The topological polar surface area (TPSA) is 45.0 Å². The molecule has 2 atom stereocenters. The second kappa shape index (κ2) is 7.44. The van der Waals surface area contributed by atoms with Crippen molar-refractivity contribution in [2.75, 3.05) is 6.61 Å². The zero-order valence-electron chi connectivity index (χ0n) is 11.5. The lowest BCUT2D eigenvalue weighted by Gasteiger charge is -2.16. The van der Waals surface area contributed by atoms with E-state index in [4.69, 9.17) is 10.00 Å². The minimum Gasteiger partial charge on any atom is -0.492 e. The standard InChI is InChI=1S/C15H18Br2N2O/c1-2-20-15-12(16)6-10(7-13(15)17)9-19-14-5-3-4-11(14)8-18/h6-7,11,14,19H,2-5,9H2,1H3. The quantitative estimate of drug-likeness (QED) is 0.795. The maximum Gasteiger partial charge on any atom is 0.147 e. The number of hydrogen-bond donors (Lipinski definition) is 1. The highest BCUT2D eigenvalue weighted by Crippen LogP contribution is 2.35. The number of ether oxygens (including phenoxy) is 1. The van der Waals surface area contributed by atoms with E-state index in [2.05, 4.69) is 55.4 Å². The van der Waals surface area contributed by atoms with Crippen LogP contribution in [0, 0.1) is 17.2 Å². The van der Waals surface area contributed by atoms with Crippen molar-refractivity contribution >= 4 is 31.9 Å². The molecule has 0 aliphatic heterocycles. The van der Waals surface area contributed by atoms with E-state index in [0.717, 1.165) is 40.5 Å². The van der Waals surface area contributed by atoms with Crippen LogP contribution in [0.1, 0.15) is 31.7 Å². The van der Waals surface area contributed by atoms with Gasteiger partial charge in [-0.3, -0.25) is 0 Å². The summed E-state index contributed by atoms with van der Waals surface area (Å²) in [6.07, 6.45) is 3.26. The molecule has 1 fully saturated rings. The highest BCUT2D eigenvalue weighted by molar-refractivity contribution is 9.11. The Morgan fingerprint density at radius 1 is 1.35 bits per heavy atom. The van der Waals surface area contributed by atoms with Crippen LogP contribution in [0.15, 0.2) is 21.1 Å². The van der Waals surface area contributed by atoms with Gasteiger partial charge < -0.3 is 10.1 Å². The van der Waals surface area contributed by atoms with Crippen LogP contribution in [0.3, 0.4) is 0 Å². The predicted octanol–water partition coefficient (Wildman–Crippen LogP) is 4.39. The summed E-state index contributed by atoms with van der Waals surface area (Å²) in [5.41, 5.74) is 1.18. The third-order valence-electron chi connectivity index (χ3n) is 3.60. The molecule has 2 rings (SSSR count). The molecule has 0 bridgehead atoms. The number of hydrogen-bond acceptors (Lipinski definition) is 3. The van der Waals surface area contributed by atoms with Gasteiger partial charge in [0.15, 0.2) is 0 Å². The van der Waals surface area contributed by atoms with Gasteiger partial charge in [0.1, 0.15) is 5.75 Å². The SMILES string of the molecule is CCOc1c(Br)cc(CNC2CCCC2C#N)cc1Br. The lowest BCUT2D eigenvalue weighted by atomic mass is 10.1. The molecule has 0 amide bonds. The first-order chi connectivity index (χ1) is 9.65. The number of halogens is 2. The number of rotatable bonds is 5. The Morgan fingerprint density at radius 2 is 2.05 bits per heavy atom. The first-order valence-electron chi connectivity index (χ1n) is 6.89. The van der Waals surface area contributed by atoms with Gasteiger partial charge in [-0.15, -0.1) is 0 Å². The average molecular weight is 402 g/mol. The molecule has 0 saturated heterocycles. The minimum atomic E-state index is 0.157. The molecular formula is C15H18Br2N2O. The summed E-state index contributed by atoms with van der Waals surface area (Å²) in [6.45, 7) is 3.38. The molecule has 0 heterocycles. The molecule has 5 heteroatoms. The Morgan fingerprint density at radius 3 is 2.65 bits per heavy atom. The van der Waals surface area contributed by atoms with Gasteiger partial charge in [-0.1, -0.05) is 6.42 Å². The van der Waals surface area contributed by atoms with Crippen molar-refractivity contribution in [2.24, 2.45) is 5.92 Å². The predicted molar refractivity (Wildman–Crippen MR) is 86.6 cm³/mol. The van der Waals surface area contributed by atoms with E-state index in [9.17, 15) is 0 Å². The minimum absolute atomic E-state index is 0.157. The zero-order valence-corrected chi connectivity index (χ0v) is 14.6. The van der Waals surface area contributed by atoms with Gasteiger partial charge in [-0.25, -0.2) is 0 Å². The lowest BCUT2D eigenvalue weighted by Crippen LogP contribution is -2.31. The molecule has 1 saturated carbocycles. The van der Waals surface area contributed by atoms with Gasteiger partial charge in [0.05, 0.1) is 27.5 Å². The van der Waals surface area contributed by atoms with Gasteiger partial charge >= 0.3 is 0 Å². The second-order valence-electron chi connectivity index (χ2n) is 4.98. The second-order valence-corrected chi connectivity index (χ2v) is 6.68. The maximum atomic E-state index is 9.10. The molecule has 1 aromatic rings. The van der Waals surface area contributed by atoms with Crippen molar-refractivity contribution in [3.63, 3.8) is 0 Å². The Kier molecular flexibility index (Phi) is 5.88. The molecule has 0 spiro atoms. The third kappa shape index (κ3) is 3.75. The van der Waals surface area contributed by atoms with E-state index in [1.54, 1.807) is 0 Å². The molecule has 108 valence electrons. The molecule has 1 N–H and O–H groups in total. The van der Waals surface area contributed by atoms with Crippen LogP contribution in [0.25, 0.3) is 0 Å². The van der Waals surface area contributed by atoms with E-state index in [1.165, 1.54) is 5.56 Å². The molecule has 0 radical (unpaired) electrons. The Balaban J connectivity index is 2.02. The smallest absolute Gasteiger partial charge is 0.147 e. The van der Waals surface area contributed by atoms with Crippen molar-refractivity contribution in [3.05, 3.63) is 26.6 Å². The maximum absolute atomic E-state index is 9.10. The zero-order chi connectivity index (χ0) is 14.5. The molecular weight excluding hydrogens is 384 g/mol. The third-order valence-corrected chi connectivity index (χ3v) is 4.77. The lowest BCUT2D eigenvalue weighted by molar-refractivity contribution is 0.336. The van der Waals surface area contributed by atoms with Crippen LogP contribution in [0.2, 0.25) is 0 Å². The number of nitriles is 1. The van der Waals surface area contributed by atoms with E-state index in [0.29, 0.717) is 12.6 Å². The van der Waals surface area contributed by atoms with Crippen molar-refractivity contribution < 1.29 is 4.74 Å². The summed E-state index contributed by atoms with van der Waals surface area (Å²) in [5.74, 6) is 0.997. The van der Waals surface area contributed by atoms with Crippen LogP contribution in [-0.2, 0) is 6.54 Å². The molecule has 1 aliphatic carbocycles. The summed E-state index contributed by atoms with van der Waals surface area (Å²) in [7, 11) is 0. The van der Waals surface area contributed by atoms with Crippen LogP contribution in [-0.4, -0.2) is 12.6 Å². The van der Waals surface area contributed by atoms with E-state index in [1.807, 2.05) is 6.92 Å². The van der Waals surface area contributed by atoms with E-state index >= 15 is 0 Å². The van der Waals surface area contributed by atoms with Crippen LogP contribution >= 0.6 is 31.9 Å². The van der Waals surface area contributed by atoms with Crippen molar-refractivity contribution in [1.82, 2.24) is 5.32 Å².